The van der Waals surface area contributed by atoms with Crippen LogP contribution in [0.25, 0.3) is 11.0 Å². The maximum atomic E-state index is 12.7. The fourth-order valence-electron chi connectivity index (χ4n) is 2.97. The number of imidazole rings is 1. The average molecular weight is 350 g/mol. The largest absolute Gasteiger partial charge is 0.349 e. The summed E-state index contributed by atoms with van der Waals surface area (Å²) in [6, 6.07) is 13.5. The smallest absolute Gasteiger partial charge is 0.244 e. The molecule has 6 nitrogen and oxygen atoms in total. The molecule has 6 heteroatoms. The number of aromatic nitrogens is 2. The van der Waals surface area contributed by atoms with Gasteiger partial charge in [0.2, 0.25) is 11.8 Å². The lowest BCUT2D eigenvalue weighted by Gasteiger charge is -2.13. The Morgan fingerprint density at radius 3 is 2.42 bits per heavy atom. The SMILES string of the molecule is CC(=O)NCc1nc2ccccc2n1CC(=O)Nc1c(C)cccc1C. The molecule has 0 radical (unpaired) electrons. The summed E-state index contributed by atoms with van der Waals surface area (Å²) in [6.07, 6.45) is 0. The first-order valence-corrected chi connectivity index (χ1v) is 8.50. The number of benzene rings is 2. The monoisotopic (exact) mass is 350 g/mol. The number of para-hydroxylation sites is 3. The lowest BCUT2D eigenvalue weighted by atomic mass is 10.1. The Labute approximate surface area is 152 Å². The number of carbonyl (C=O) groups is 2. The van der Waals surface area contributed by atoms with Gasteiger partial charge in [0.05, 0.1) is 17.6 Å². The Kier molecular flexibility index (Phi) is 5.02. The Hall–Kier alpha value is -3.15. The number of fused-ring (bicyclic) bond motifs is 1. The first-order chi connectivity index (χ1) is 12.5. The molecule has 0 atom stereocenters. The highest BCUT2D eigenvalue weighted by atomic mass is 16.2. The van der Waals surface area contributed by atoms with Gasteiger partial charge in [0.25, 0.3) is 0 Å². The number of nitrogens with zero attached hydrogens (tertiary/aromatic N) is 2. The Balaban J connectivity index is 1.88. The second kappa shape index (κ2) is 7.39. The predicted octanol–water partition coefficient (Wildman–Crippen LogP) is 2.93. The highest BCUT2D eigenvalue weighted by Gasteiger charge is 2.15. The second-order valence-corrected chi connectivity index (χ2v) is 6.33. The van der Waals surface area contributed by atoms with Crippen LogP contribution >= 0.6 is 0 Å². The second-order valence-electron chi connectivity index (χ2n) is 6.33. The van der Waals surface area contributed by atoms with Crippen LogP contribution in [0.5, 0.6) is 0 Å². The van der Waals surface area contributed by atoms with Gasteiger partial charge in [0.15, 0.2) is 0 Å². The van der Waals surface area contributed by atoms with Crippen LogP contribution in [0.3, 0.4) is 0 Å². The summed E-state index contributed by atoms with van der Waals surface area (Å²) in [6.45, 7) is 5.80. The van der Waals surface area contributed by atoms with E-state index in [1.807, 2.05) is 60.9 Å². The molecule has 0 aliphatic carbocycles. The fourth-order valence-corrected chi connectivity index (χ4v) is 2.97. The molecule has 3 rings (SSSR count). The number of aryl methyl sites for hydroxylation is 2. The van der Waals surface area contributed by atoms with Crippen molar-refractivity contribution in [3.8, 4) is 0 Å². The molecule has 0 unspecified atom stereocenters. The van der Waals surface area contributed by atoms with Crippen LogP contribution in [0, 0.1) is 13.8 Å². The van der Waals surface area contributed by atoms with Crippen molar-refractivity contribution in [2.45, 2.75) is 33.9 Å². The van der Waals surface area contributed by atoms with Crippen molar-refractivity contribution in [1.82, 2.24) is 14.9 Å². The van der Waals surface area contributed by atoms with Crippen LogP contribution in [-0.4, -0.2) is 21.4 Å². The van der Waals surface area contributed by atoms with E-state index < -0.39 is 0 Å². The summed E-state index contributed by atoms with van der Waals surface area (Å²) >= 11 is 0. The van der Waals surface area contributed by atoms with Gasteiger partial charge >= 0.3 is 0 Å². The van der Waals surface area contributed by atoms with Gasteiger partial charge in [-0.25, -0.2) is 4.98 Å². The van der Waals surface area contributed by atoms with Crippen LogP contribution in [0.4, 0.5) is 5.69 Å². The first-order valence-electron chi connectivity index (χ1n) is 8.50. The third-order valence-electron chi connectivity index (χ3n) is 4.28. The van der Waals surface area contributed by atoms with Crippen molar-refractivity contribution in [1.29, 1.82) is 0 Å². The first kappa shape index (κ1) is 17.7. The fraction of sp³-hybridized carbons (Fsp3) is 0.250. The number of hydrogen-bond donors (Lipinski definition) is 2. The summed E-state index contributed by atoms with van der Waals surface area (Å²) in [7, 11) is 0. The van der Waals surface area contributed by atoms with Gasteiger partial charge in [0.1, 0.15) is 12.4 Å². The molecule has 3 aromatic rings. The number of rotatable bonds is 5. The van der Waals surface area contributed by atoms with Crippen LogP contribution in [0.15, 0.2) is 42.5 Å². The highest BCUT2D eigenvalue weighted by Crippen LogP contribution is 2.20. The molecule has 0 aliphatic heterocycles. The van der Waals surface area contributed by atoms with E-state index in [4.69, 9.17) is 0 Å². The molecule has 2 N–H and O–H groups in total. The molecule has 0 bridgehead atoms. The van der Waals surface area contributed by atoms with E-state index in [2.05, 4.69) is 15.6 Å². The van der Waals surface area contributed by atoms with Crippen molar-refractivity contribution < 1.29 is 9.59 Å². The van der Waals surface area contributed by atoms with Crippen molar-refractivity contribution in [2.24, 2.45) is 0 Å². The van der Waals surface area contributed by atoms with E-state index in [1.54, 1.807) is 0 Å². The van der Waals surface area contributed by atoms with Crippen LogP contribution in [-0.2, 0) is 22.7 Å². The third kappa shape index (κ3) is 3.74. The molecule has 1 heterocycles. The van der Waals surface area contributed by atoms with E-state index in [1.165, 1.54) is 6.92 Å². The van der Waals surface area contributed by atoms with E-state index in [0.29, 0.717) is 5.82 Å². The number of carbonyl (C=O) groups excluding carboxylic acids is 2. The van der Waals surface area contributed by atoms with Gasteiger partial charge in [0, 0.05) is 12.6 Å². The molecule has 0 saturated heterocycles. The zero-order valence-corrected chi connectivity index (χ0v) is 15.2. The number of hydrogen-bond acceptors (Lipinski definition) is 3. The average Bonchev–Trinajstić information content (AvgIpc) is 2.94. The van der Waals surface area contributed by atoms with E-state index in [9.17, 15) is 9.59 Å². The zero-order valence-electron chi connectivity index (χ0n) is 15.2. The van der Waals surface area contributed by atoms with Gasteiger partial charge < -0.3 is 15.2 Å². The Bertz CT molecular complexity index is 955. The summed E-state index contributed by atoms with van der Waals surface area (Å²) in [5.41, 5.74) is 4.54. The van der Waals surface area contributed by atoms with E-state index >= 15 is 0 Å². The lowest BCUT2D eigenvalue weighted by molar-refractivity contribution is -0.119. The van der Waals surface area contributed by atoms with Gasteiger partial charge in [-0.2, -0.15) is 0 Å². The maximum Gasteiger partial charge on any atom is 0.244 e. The highest BCUT2D eigenvalue weighted by molar-refractivity contribution is 5.93. The van der Waals surface area contributed by atoms with Gasteiger partial charge in [-0.3, -0.25) is 9.59 Å². The summed E-state index contributed by atoms with van der Waals surface area (Å²) < 4.78 is 1.84. The number of amides is 2. The molecule has 26 heavy (non-hydrogen) atoms. The zero-order chi connectivity index (χ0) is 18.7. The van der Waals surface area contributed by atoms with Crippen LogP contribution < -0.4 is 10.6 Å². The van der Waals surface area contributed by atoms with E-state index in [-0.39, 0.29) is 24.9 Å². The summed E-state index contributed by atoms with van der Waals surface area (Å²) in [4.78, 5) is 28.5. The molecule has 0 aliphatic rings. The van der Waals surface area contributed by atoms with Crippen LogP contribution in [0.2, 0.25) is 0 Å². The number of nitrogens with one attached hydrogen (secondary N) is 2. The molecule has 0 saturated carbocycles. The molecule has 2 aromatic carbocycles. The Morgan fingerprint density at radius 2 is 1.73 bits per heavy atom. The minimum atomic E-state index is -0.136. The minimum absolute atomic E-state index is 0.128. The lowest BCUT2D eigenvalue weighted by Crippen LogP contribution is -2.25. The van der Waals surface area contributed by atoms with Crippen molar-refractivity contribution in [2.75, 3.05) is 5.32 Å². The maximum absolute atomic E-state index is 12.7. The van der Waals surface area contributed by atoms with Crippen molar-refractivity contribution >= 4 is 28.5 Å². The standard InChI is InChI=1S/C20H22N4O2/c1-13-7-6-8-14(2)20(13)23-19(26)12-24-17-10-5-4-9-16(17)22-18(24)11-21-15(3)25/h4-10H,11-12H2,1-3H3,(H,21,25)(H,23,26). The van der Waals surface area contributed by atoms with Gasteiger partial charge in [-0.15, -0.1) is 0 Å². The van der Waals surface area contributed by atoms with Gasteiger partial charge in [-0.1, -0.05) is 30.3 Å². The topological polar surface area (TPSA) is 76.0 Å². The molecular weight excluding hydrogens is 328 g/mol. The van der Waals surface area contributed by atoms with E-state index in [0.717, 1.165) is 27.8 Å². The molecule has 0 fully saturated rings. The number of anilines is 1. The Morgan fingerprint density at radius 1 is 1.04 bits per heavy atom. The van der Waals surface area contributed by atoms with Gasteiger partial charge in [-0.05, 0) is 37.1 Å². The van der Waals surface area contributed by atoms with Crippen molar-refractivity contribution in [3.63, 3.8) is 0 Å². The predicted molar refractivity (Wildman–Crippen MR) is 102 cm³/mol. The summed E-state index contributed by atoms with van der Waals surface area (Å²) in [5, 5.41) is 5.75. The quantitative estimate of drug-likeness (QED) is 0.743. The molecular formula is C20H22N4O2. The third-order valence-corrected chi connectivity index (χ3v) is 4.28. The molecule has 0 spiro atoms. The van der Waals surface area contributed by atoms with Crippen molar-refractivity contribution in [3.05, 3.63) is 59.4 Å². The molecule has 2 amide bonds. The summed E-state index contributed by atoms with van der Waals surface area (Å²) in [5.74, 6) is 0.385. The normalized spacial score (nSPS) is 10.7. The van der Waals surface area contributed by atoms with Crippen LogP contribution in [0.1, 0.15) is 23.9 Å². The molecule has 1 aromatic heterocycles. The molecule has 134 valence electrons. The minimum Gasteiger partial charge on any atom is -0.349 e.